The third-order valence-electron chi connectivity index (χ3n) is 2.88. The molecule has 21 heavy (non-hydrogen) atoms. The number of halogens is 1. The van der Waals surface area contributed by atoms with Gasteiger partial charge in [-0.2, -0.15) is 0 Å². The maximum absolute atomic E-state index is 13.4. The molecule has 0 aliphatic rings. The summed E-state index contributed by atoms with van der Waals surface area (Å²) in [5, 5.41) is 14.8. The minimum Gasteiger partial charge on any atom is -0.508 e. The maximum atomic E-state index is 13.4. The smallest absolute Gasteiger partial charge is 0.327 e. The number of carbonyl (C=O) groups is 1. The van der Waals surface area contributed by atoms with Crippen molar-refractivity contribution in [3.63, 3.8) is 0 Å². The summed E-state index contributed by atoms with van der Waals surface area (Å²) >= 11 is 1.54. The van der Waals surface area contributed by atoms with Gasteiger partial charge in [0.1, 0.15) is 17.6 Å². The minimum atomic E-state index is -0.914. The van der Waals surface area contributed by atoms with Gasteiger partial charge in [-0.05, 0) is 36.6 Å². The van der Waals surface area contributed by atoms with Crippen LogP contribution in [0.5, 0.6) is 5.75 Å². The third kappa shape index (κ3) is 4.03. The fourth-order valence-electron chi connectivity index (χ4n) is 1.92. The SMILES string of the molecule is CCOC(=O)C(NCc1cccs1)c1cc(F)ccc1O. The number of esters is 1. The number of thiophene rings is 1. The fraction of sp³-hybridized carbons (Fsp3) is 0.267. The normalized spacial score (nSPS) is 12.1. The average molecular weight is 309 g/mol. The summed E-state index contributed by atoms with van der Waals surface area (Å²) in [5.41, 5.74) is 0.171. The third-order valence-corrected chi connectivity index (χ3v) is 3.76. The molecule has 1 aromatic heterocycles. The highest BCUT2D eigenvalue weighted by Gasteiger charge is 2.25. The molecule has 1 atom stereocenters. The van der Waals surface area contributed by atoms with E-state index >= 15 is 0 Å². The number of aromatic hydroxyl groups is 1. The Hall–Kier alpha value is -1.92. The lowest BCUT2D eigenvalue weighted by Crippen LogP contribution is -2.30. The lowest BCUT2D eigenvalue weighted by Gasteiger charge is -2.18. The molecule has 0 aliphatic carbocycles. The second-order valence-electron chi connectivity index (χ2n) is 4.35. The molecule has 1 unspecified atom stereocenters. The quantitative estimate of drug-likeness (QED) is 0.805. The molecule has 0 aliphatic heterocycles. The van der Waals surface area contributed by atoms with Gasteiger partial charge in [0.2, 0.25) is 0 Å². The Morgan fingerprint density at radius 1 is 1.48 bits per heavy atom. The van der Waals surface area contributed by atoms with E-state index < -0.39 is 17.8 Å². The number of phenolic OH excluding ortho intramolecular Hbond substituents is 1. The van der Waals surface area contributed by atoms with Crippen LogP contribution in [0.2, 0.25) is 0 Å². The number of benzene rings is 1. The zero-order valence-electron chi connectivity index (χ0n) is 11.5. The van der Waals surface area contributed by atoms with Crippen LogP contribution in [0.3, 0.4) is 0 Å². The molecule has 0 fully saturated rings. The summed E-state index contributed by atoms with van der Waals surface area (Å²) in [5.74, 6) is -1.21. The van der Waals surface area contributed by atoms with Crippen molar-refractivity contribution in [2.45, 2.75) is 19.5 Å². The predicted octanol–water partition coefficient (Wildman–Crippen LogP) is 2.99. The molecule has 0 spiro atoms. The highest BCUT2D eigenvalue weighted by atomic mass is 32.1. The van der Waals surface area contributed by atoms with Crippen LogP contribution in [0.1, 0.15) is 23.4 Å². The van der Waals surface area contributed by atoms with E-state index in [2.05, 4.69) is 5.32 Å². The van der Waals surface area contributed by atoms with Crippen molar-refractivity contribution in [3.05, 3.63) is 52.0 Å². The number of nitrogens with one attached hydrogen (secondary N) is 1. The molecule has 0 bridgehead atoms. The Bertz CT molecular complexity index is 601. The Morgan fingerprint density at radius 3 is 2.95 bits per heavy atom. The zero-order chi connectivity index (χ0) is 15.2. The van der Waals surface area contributed by atoms with Crippen molar-refractivity contribution in [2.75, 3.05) is 6.61 Å². The highest BCUT2D eigenvalue weighted by Crippen LogP contribution is 2.26. The number of hydrogen-bond donors (Lipinski definition) is 2. The lowest BCUT2D eigenvalue weighted by molar-refractivity contribution is -0.146. The predicted molar refractivity (Wildman–Crippen MR) is 78.6 cm³/mol. The average Bonchev–Trinajstić information content (AvgIpc) is 2.96. The van der Waals surface area contributed by atoms with E-state index in [9.17, 15) is 14.3 Å². The molecule has 0 saturated carbocycles. The van der Waals surface area contributed by atoms with Crippen LogP contribution in [0.25, 0.3) is 0 Å². The maximum Gasteiger partial charge on any atom is 0.327 e. The van der Waals surface area contributed by atoms with Crippen LogP contribution in [-0.2, 0) is 16.1 Å². The van der Waals surface area contributed by atoms with Gasteiger partial charge in [0.05, 0.1) is 6.61 Å². The zero-order valence-corrected chi connectivity index (χ0v) is 12.3. The summed E-state index contributed by atoms with van der Waals surface area (Å²) in [6.07, 6.45) is 0. The van der Waals surface area contributed by atoms with Crippen molar-refractivity contribution in [1.82, 2.24) is 5.32 Å². The van der Waals surface area contributed by atoms with E-state index in [-0.39, 0.29) is 17.9 Å². The van der Waals surface area contributed by atoms with E-state index in [4.69, 9.17) is 4.74 Å². The first-order chi connectivity index (χ1) is 10.1. The van der Waals surface area contributed by atoms with Crippen molar-refractivity contribution >= 4 is 17.3 Å². The van der Waals surface area contributed by atoms with Gasteiger partial charge in [-0.3, -0.25) is 5.32 Å². The molecule has 6 heteroatoms. The van der Waals surface area contributed by atoms with Crippen LogP contribution in [-0.4, -0.2) is 17.7 Å². The van der Waals surface area contributed by atoms with Gasteiger partial charge in [0.25, 0.3) is 0 Å². The number of rotatable bonds is 6. The molecule has 2 rings (SSSR count). The van der Waals surface area contributed by atoms with Crippen LogP contribution in [0.4, 0.5) is 4.39 Å². The molecule has 0 amide bonds. The van der Waals surface area contributed by atoms with Gasteiger partial charge in [0.15, 0.2) is 0 Å². The van der Waals surface area contributed by atoms with E-state index in [1.807, 2.05) is 17.5 Å². The lowest BCUT2D eigenvalue weighted by atomic mass is 10.1. The monoisotopic (exact) mass is 309 g/mol. The largest absolute Gasteiger partial charge is 0.508 e. The van der Waals surface area contributed by atoms with Gasteiger partial charge in [0, 0.05) is 17.0 Å². The summed E-state index contributed by atoms with van der Waals surface area (Å²) in [7, 11) is 0. The molecule has 1 aromatic carbocycles. The second kappa shape index (κ2) is 7.19. The van der Waals surface area contributed by atoms with Gasteiger partial charge < -0.3 is 9.84 Å². The molecule has 1 heterocycles. The number of hydrogen-bond acceptors (Lipinski definition) is 5. The van der Waals surface area contributed by atoms with Gasteiger partial charge in [-0.25, -0.2) is 9.18 Å². The van der Waals surface area contributed by atoms with Crippen LogP contribution in [0.15, 0.2) is 35.7 Å². The molecule has 112 valence electrons. The first-order valence-electron chi connectivity index (χ1n) is 6.52. The molecule has 0 saturated heterocycles. The van der Waals surface area contributed by atoms with Crippen LogP contribution >= 0.6 is 11.3 Å². The van der Waals surface area contributed by atoms with E-state index in [0.717, 1.165) is 17.0 Å². The van der Waals surface area contributed by atoms with E-state index in [1.165, 1.54) is 6.07 Å². The molecule has 4 nitrogen and oxygen atoms in total. The Kier molecular flexibility index (Phi) is 5.30. The Labute approximate surface area is 126 Å². The summed E-state index contributed by atoms with van der Waals surface area (Å²) < 4.78 is 18.4. The number of carbonyl (C=O) groups excluding carboxylic acids is 1. The van der Waals surface area contributed by atoms with E-state index in [1.54, 1.807) is 18.3 Å². The first kappa shape index (κ1) is 15.5. The summed E-state index contributed by atoms with van der Waals surface area (Å²) in [6, 6.07) is 6.41. The molecular weight excluding hydrogens is 293 g/mol. The molecule has 2 aromatic rings. The molecule has 0 radical (unpaired) electrons. The van der Waals surface area contributed by atoms with Crippen LogP contribution < -0.4 is 5.32 Å². The standard InChI is InChI=1S/C15H16FNO3S/c1-2-20-15(19)14(17-9-11-4-3-7-21-11)12-8-10(16)5-6-13(12)18/h3-8,14,17-18H,2,9H2,1H3. The van der Waals surface area contributed by atoms with Gasteiger partial charge in [-0.15, -0.1) is 11.3 Å². The van der Waals surface area contributed by atoms with E-state index in [0.29, 0.717) is 6.54 Å². The minimum absolute atomic E-state index is 0.145. The van der Waals surface area contributed by atoms with Crippen molar-refractivity contribution < 1.29 is 19.0 Å². The first-order valence-corrected chi connectivity index (χ1v) is 7.40. The Balaban J connectivity index is 2.22. The van der Waals surface area contributed by atoms with Crippen molar-refractivity contribution in [3.8, 4) is 5.75 Å². The number of phenols is 1. The van der Waals surface area contributed by atoms with Crippen molar-refractivity contribution in [1.29, 1.82) is 0 Å². The highest BCUT2D eigenvalue weighted by molar-refractivity contribution is 7.09. The Morgan fingerprint density at radius 2 is 2.29 bits per heavy atom. The summed E-state index contributed by atoms with van der Waals surface area (Å²) in [4.78, 5) is 13.1. The van der Waals surface area contributed by atoms with Gasteiger partial charge >= 0.3 is 5.97 Å². The second-order valence-corrected chi connectivity index (χ2v) is 5.38. The molecular formula is C15H16FNO3S. The van der Waals surface area contributed by atoms with Crippen molar-refractivity contribution in [2.24, 2.45) is 0 Å². The summed E-state index contributed by atoms with van der Waals surface area (Å²) in [6.45, 7) is 2.34. The molecule has 2 N–H and O–H groups in total. The topological polar surface area (TPSA) is 58.6 Å². The van der Waals surface area contributed by atoms with Gasteiger partial charge in [-0.1, -0.05) is 6.07 Å². The fourth-order valence-corrected chi connectivity index (χ4v) is 2.57. The van der Waals surface area contributed by atoms with Crippen LogP contribution in [0, 0.1) is 5.82 Å². The number of ether oxygens (including phenoxy) is 1.